The predicted octanol–water partition coefficient (Wildman–Crippen LogP) is 1.43. The number of hydrogen-bond acceptors (Lipinski definition) is 3. The fourth-order valence-corrected chi connectivity index (χ4v) is 2.70. The molecule has 1 aromatic carbocycles. The molecule has 114 valence electrons. The van der Waals surface area contributed by atoms with Crippen molar-refractivity contribution < 1.29 is 9.59 Å². The first-order chi connectivity index (χ1) is 10.1. The van der Waals surface area contributed by atoms with E-state index in [0.717, 1.165) is 37.1 Å². The Morgan fingerprint density at radius 1 is 1.33 bits per heavy atom. The maximum atomic E-state index is 12.2. The predicted molar refractivity (Wildman–Crippen MR) is 82.8 cm³/mol. The quantitative estimate of drug-likeness (QED) is 0.766. The number of primary amides is 1. The number of amides is 2. The van der Waals surface area contributed by atoms with E-state index in [1.165, 1.54) is 0 Å². The van der Waals surface area contributed by atoms with E-state index in [9.17, 15) is 9.59 Å². The lowest BCUT2D eigenvalue weighted by molar-refractivity contribution is -0.119. The smallest absolute Gasteiger partial charge is 0.241 e. The maximum absolute atomic E-state index is 12.2. The van der Waals surface area contributed by atoms with Gasteiger partial charge in [0.15, 0.2) is 0 Å². The van der Waals surface area contributed by atoms with E-state index >= 15 is 0 Å². The molecule has 1 saturated heterocycles. The summed E-state index contributed by atoms with van der Waals surface area (Å²) in [6, 6.07) is 7.11. The van der Waals surface area contributed by atoms with Gasteiger partial charge in [0, 0.05) is 5.69 Å². The zero-order valence-corrected chi connectivity index (χ0v) is 12.4. The molecule has 21 heavy (non-hydrogen) atoms. The molecule has 2 amide bonds. The number of rotatable bonds is 5. The van der Waals surface area contributed by atoms with Gasteiger partial charge in [-0.2, -0.15) is 0 Å². The standard InChI is InChI=1S/C16H23N3O2/c1-2-11-7-8-18-14(9-11)16(21)19-13-5-3-12(4-6-13)10-15(17)20/h3-6,11,14,18H,2,7-10H2,1H3,(H2,17,20)(H,19,21). The topological polar surface area (TPSA) is 84.2 Å². The Hall–Kier alpha value is -1.88. The second kappa shape index (κ2) is 7.22. The molecule has 1 aromatic rings. The molecule has 0 radical (unpaired) electrons. The molecule has 2 atom stereocenters. The van der Waals surface area contributed by atoms with Crippen LogP contribution in [0.15, 0.2) is 24.3 Å². The summed E-state index contributed by atoms with van der Waals surface area (Å²) in [6.45, 7) is 3.07. The summed E-state index contributed by atoms with van der Waals surface area (Å²) in [7, 11) is 0. The summed E-state index contributed by atoms with van der Waals surface area (Å²) in [6.07, 6.45) is 3.37. The fraction of sp³-hybridized carbons (Fsp3) is 0.500. The molecule has 1 fully saturated rings. The highest BCUT2D eigenvalue weighted by atomic mass is 16.2. The molecule has 0 bridgehead atoms. The van der Waals surface area contributed by atoms with Crippen molar-refractivity contribution in [3.8, 4) is 0 Å². The minimum Gasteiger partial charge on any atom is -0.369 e. The van der Waals surface area contributed by atoms with Crippen molar-refractivity contribution in [2.24, 2.45) is 11.7 Å². The van der Waals surface area contributed by atoms with Crippen molar-refractivity contribution >= 4 is 17.5 Å². The first-order valence-electron chi connectivity index (χ1n) is 7.50. The molecule has 2 unspecified atom stereocenters. The van der Waals surface area contributed by atoms with Gasteiger partial charge in [0.25, 0.3) is 0 Å². The second-order valence-corrected chi connectivity index (χ2v) is 5.63. The van der Waals surface area contributed by atoms with Gasteiger partial charge in [-0.1, -0.05) is 25.5 Å². The highest BCUT2D eigenvalue weighted by Gasteiger charge is 2.25. The Morgan fingerprint density at radius 2 is 2.05 bits per heavy atom. The van der Waals surface area contributed by atoms with E-state index in [1.54, 1.807) is 12.1 Å². The van der Waals surface area contributed by atoms with Crippen LogP contribution < -0.4 is 16.4 Å². The van der Waals surface area contributed by atoms with E-state index in [2.05, 4.69) is 17.6 Å². The molecule has 1 aliphatic rings. The lowest BCUT2D eigenvalue weighted by Crippen LogP contribution is -2.46. The van der Waals surface area contributed by atoms with E-state index < -0.39 is 0 Å². The van der Waals surface area contributed by atoms with Crippen LogP contribution in [0.1, 0.15) is 31.7 Å². The lowest BCUT2D eigenvalue weighted by Gasteiger charge is -2.28. The molecule has 0 aliphatic carbocycles. The molecule has 0 saturated carbocycles. The molecule has 0 aromatic heterocycles. The molecule has 5 nitrogen and oxygen atoms in total. The number of nitrogens with two attached hydrogens (primary N) is 1. The van der Waals surface area contributed by atoms with Gasteiger partial charge in [-0.15, -0.1) is 0 Å². The summed E-state index contributed by atoms with van der Waals surface area (Å²) >= 11 is 0. The van der Waals surface area contributed by atoms with Crippen LogP contribution >= 0.6 is 0 Å². The summed E-state index contributed by atoms with van der Waals surface area (Å²) < 4.78 is 0. The van der Waals surface area contributed by atoms with Gasteiger partial charge in [0.1, 0.15) is 0 Å². The molecule has 1 heterocycles. The molecular formula is C16H23N3O2. The van der Waals surface area contributed by atoms with Gasteiger partial charge < -0.3 is 16.4 Å². The third kappa shape index (κ3) is 4.56. The van der Waals surface area contributed by atoms with Crippen molar-refractivity contribution in [3.05, 3.63) is 29.8 Å². The summed E-state index contributed by atoms with van der Waals surface area (Å²) in [5.41, 5.74) is 6.74. The van der Waals surface area contributed by atoms with Gasteiger partial charge in [-0.05, 0) is 43.0 Å². The Morgan fingerprint density at radius 3 is 2.67 bits per heavy atom. The molecule has 4 N–H and O–H groups in total. The van der Waals surface area contributed by atoms with Crippen molar-refractivity contribution in [2.45, 2.75) is 38.6 Å². The molecule has 5 heteroatoms. The fourth-order valence-electron chi connectivity index (χ4n) is 2.70. The van der Waals surface area contributed by atoms with Crippen LogP contribution in [0.5, 0.6) is 0 Å². The number of hydrogen-bond donors (Lipinski definition) is 3. The number of carbonyl (C=O) groups excluding carboxylic acids is 2. The van der Waals surface area contributed by atoms with E-state index in [0.29, 0.717) is 5.92 Å². The van der Waals surface area contributed by atoms with Gasteiger partial charge >= 0.3 is 0 Å². The maximum Gasteiger partial charge on any atom is 0.241 e. The van der Waals surface area contributed by atoms with Crippen LogP contribution in [0, 0.1) is 5.92 Å². The van der Waals surface area contributed by atoms with Gasteiger partial charge in [0.2, 0.25) is 11.8 Å². The average molecular weight is 289 g/mol. The summed E-state index contributed by atoms with van der Waals surface area (Å²) in [4.78, 5) is 23.1. The average Bonchev–Trinajstić information content (AvgIpc) is 2.49. The number of benzene rings is 1. The largest absolute Gasteiger partial charge is 0.369 e. The monoisotopic (exact) mass is 289 g/mol. The van der Waals surface area contributed by atoms with Crippen LogP contribution in [-0.4, -0.2) is 24.4 Å². The second-order valence-electron chi connectivity index (χ2n) is 5.63. The van der Waals surface area contributed by atoms with Crippen LogP contribution in [-0.2, 0) is 16.0 Å². The number of nitrogens with one attached hydrogen (secondary N) is 2. The normalized spacial score (nSPS) is 21.8. The van der Waals surface area contributed by atoms with Crippen molar-refractivity contribution in [1.29, 1.82) is 0 Å². The van der Waals surface area contributed by atoms with E-state index in [1.807, 2.05) is 12.1 Å². The Labute approximate surface area is 125 Å². The van der Waals surface area contributed by atoms with E-state index in [4.69, 9.17) is 5.73 Å². The third-order valence-corrected chi connectivity index (χ3v) is 4.01. The minimum absolute atomic E-state index is 0.0100. The van der Waals surface area contributed by atoms with Crippen LogP contribution in [0.3, 0.4) is 0 Å². The van der Waals surface area contributed by atoms with Gasteiger partial charge in [-0.3, -0.25) is 9.59 Å². The Bertz CT molecular complexity index is 499. The van der Waals surface area contributed by atoms with Gasteiger partial charge in [-0.25, -0.2) is 0 Å². The van der Waals surface area contributed by atoms with Crippen molar-refractivity contribution in [2.75, 3.05) is 11.9 Å². The first-order valence-corrected chi connectivity index (χ1v) is 7.50. The number of piperidine rings is 1. The molecular weight excluding hydrogens is 266 g/mol. The zero-order valence-electron chi connectivity index (χ0n) is 12.4. The highest BCUT2D eigenvalue weighted by molar-refractivity contribution is 5.95. The molecule has 1 aliphatic heterocycles. The zero-order chi connectivity index (χ0) is 15.2. The van der Waals surface area contributed by atoms with Crippen molar-refractivity contribution in [1.82, 2.24) is 5.32 Å². The van der Waals surface area contributed by atoms with Crippen LogP contribution in [0.4, 0.5) is 5.69 Å². The minimum atomic E-state index is -0.358. The number of carbonyl (C=O) groups is 2. The summed E-state index contributed by atoms with van der Waals surface area (Å²) in [5, 5.41) is 6.19. The van der Waals surface area contributed by atoms with Crippen LogP contribution in [0.25, 0.3) is 0 Å². The molecule has 2 rings (SSSR count). The van der Waals surface area contributed by atoms with Crippen LogP contribution in [0.2, 0.25) is 0 Å². The Kier molecular flexibility index (Phi) is 5.33. The first kappa shape index (κ1) is 15.5. The third-order valence-electron chi connectivity index (χ3n) is 4.01. The lowest BCUT2D eigenvalue weighted by atomic mass is 9.90. The highest BCUT2D eigenvalue weighted by Crippen LogP contribution is 2.20. The Balaban J connectivity index is 1.91. The van der Waals surface area contributed by atoms with E-state index in [-0.39, 0.29) is 24.3 Å². The SMILES string of the molecule is CCC1CCNC(C(=O)Nc2ccc(CC(N)=O)cc2)C1. The number of anilines is 1. The van der Waals surface area contributed by atoms with Gasteiger partial charge in [0.05, 0.1) is 12.5 Å². The van der Waals surface area contributed by atoms with Crippen molar-refractivity contribution in [3.63, 3.8) is 0 Å². The molecule has 0 spiro atoms. The summed E-state index contributed by atoms with van der Waals surface area (Å²) in [5.74, 6) is 0.277.